The molecule has 1 aromatic carbocycles. The Balaban J connectivity index is 2.43. The van der Waals surface area contributed by atoms with Crippen LogP contribution >= 0.6 is 0 Å². The number of hydrogen-bond donors (Lipinski definition) is 1. The molecule has 0 radical (unpaired) electrons. The molecule has 1 rings (SSSR count). The van der Waals surface area contributed by atoms with Gasteiger partial charge in [-0.25, -0.2) is 0 Å². The predicted molar refractivity (Wildman–Crippen MR) is 115 cm³/mol. The molecule has 0 spiro atoms. The zero-order chi connectivity index (χ0) is 21.5. The summed E-state index contributed by atoms with van der Waals surface area (Å²) >= 11 is 0. The Morgan fingerprint density at radius 3 is 2.21 bits per heavy atom. The van der Waals surface area contributed by atoms with E-state index >= 15 is 0 Å². The van der Waals surface area contributed by atoms with Gasteiger partial charge < -0.3 is 19.0 Å². The van der Waals surface area contributed by atoms with Gasteiger partial charge in [-0.15, -0.1) is 0 Å². The average Bonchev–Trinajstić information content (AvgIpc) is 2.60. The summed E-state index contributed by atoms with van der Waals surface area (Å²) in [6.45, 7) is 15.2. The van der Waals surface area contributed by atoms with Gasteiger partial charge in [0.2, 0.25) is 0 Å². The molecule has 160 valence electrons. The summed E-state index contributed by atoms with van der Waals surface area (Å²) in [7, 11) is -0.377. The van der Waals surface area contributed by atoms with Crippen molar-refractivity contribution in [2.24, 2.45) is 5.92 Å². The molecule has 0 amide bonds. The molecule has 1 aromatic rings. The van der Waals surface area contributed by atoms with Crippen LogP contribution in [0.5, 0.6) is 5.75 Å². The zero-order valence-electron chi connectivity index (χ0n) is 18.7. The molecule has 1 N–H and O–H groups in total. The number of benzene rings is 1. The largest absolute Gasteiger partial charge is 0.497 e. The molecule has 0 aromatic heterocycles. The molecule has 0 aliphatic heterocycles. The number of rotatable bonds is 11. The van der Waals surface area contributed by atoms with Crippen molar-refractivity contribution in [3.05, 3.63) is 29.8 Å². The highest BCUT2D eigenvalue weighted by molar-refractivity contribution is 6.74. The fraction of sp³-hybridized carbons (Fsp3) is 0.682. The SMILES string of the molecule is COc1ccc(COC[C@@H](C)[C@@H](O)CC(=O)[C@H](C)O[Si](C)(C)C(C)(C)C)cc1. The van der Waals surface area contributed by atoms with Crippen LogP contribution in [0.15, 0.2) is 24.3 Å². The highest BCUT2D eigenvalue weighted by Gasteiger charge is 2.39. The smallest absolute Gasteiger partial charge is 0.193 e. The molecule has 0 aliphatic rings. The number of Topliss-reactive ketones (excluding diaryl/α,β-unsaturated/α-hetero) is 1. The fourth-order valence-electron chi connectivity index (χ4n) is 2.45. The van der Waals surface area contributed by atoms with E-state index in [4.69, 9.17) is 13.9 Å². The van der Waals surface area contributed by atoms with Gasteiger partial charge in [0.1, 0.15) is 11.9 Å². The molecule has 0 aliphatic carbocycles. The number of carbonyl (C=O) groups is 1. The third-order valence-electron chi connectivity index (χ3n) is 5.61. The standard InChI is InChI=1S/C22H38O5Si/c1-16(14-26-15-18-9-11-19(25-6)12-10-18)20(23)13-21(24)17(2)27-28(7,8)22(3,4)5/h9-12,16-17,20,23H,13-15H2,1-8H3/t16-,17+,20+/m1/s1. The summed E-state index contributed by atoms with van der Waals surface area (Å²) in [5.41, 5.74) is 1.04. The Labute approximate surface area is 171 Å². The van der Waals surface area contributed by atoms with E-state index in [-0.39, 0.29) is 23.2 Å². The van der Waals surface area contributed by atoms with Crippen molar-refractivity contribution in [3.8, 4) is 5.75 Å². The van der Waals surface area contributed by atoms with Crippen molar-refractivity contribution in [2.75, 3.05) is 13.7 Å². The third kappa shape index (κ3) is 7.66. The van der Waals surface area contributed by atoms with Crippen LogP contribution in [0, 0.1) is 5.92 Å². The Morgan fingerprint density at radius 1 is 1.14 bits per heavy atom. The van der Waals surface area contributed by atoms with Crippen LogP contribution in [0.25, 0.3) is 0 Å². The van der Waals surface area contributed by atoms with Crippen LogP contribution in [0.2, 0.25) is 18.1 Å². The fourth-order valence-corrected chi connectivity index (χ4v) is 3.82. The number of hydrogen-bond acceptors (Lipinski definition) is 5. The summed E-state index contributed by atoms with van der Waals surface area (Å²) in [6, 6.07) is 7.67. The van der Waals surface area contributed by atoms with Crippen molar-refractivity contribution in [3.63, 3.8) is 0 Å². The molecule has 0 heterocycles. The van der Waals surface area contributed by atoms with E-state index < -0.39 is 20.5 Å². The second kappa shape index (κ2) is 10.5. The Morgan fingerprint density at radius 2 is 1.71 bits per heavy atom. The number of aliphatic hydroxyl groups excluding tert-OH is 1. The highest BCUT2D eigenvalue weighted by atomic mass is 28.4. The topological polar surface area (TPSA) is 65.0 Å². The Kier molecular flexibility index (Phi) is 9.34. The van der Waals surface area contributed by atoms with Crippen LogP contribution in [0.4, 0.5) is 0 Å². The molecule has 5 nitrogen and oxygen atoms in total. The number of ketones is 1. The first-order chi connectivity index (χ1) is 12.9. The minimum Gasteiger partial charge on any atom is -0.497 e. The lowest BCUT2D eigenvalue weighted by molar-refractivity contribution is -0.128. The van der Waals surface area contributed by atoms with Gasteiger partial charge in [0, 0.05) is 12.3 Å². The molecule has 0 fully saturated rings. The second-order valence-corrected chi connectivity index (χ2v) is 13.9. The monoisotopic (exact) mass is 410 g/mol. The van der Waals surface area contributed by atoms with Crippen molar-refractivity contribution >= 4 is 14.1 Å². The van der Waals surface area contributed by atoms with E-state index in [1.807, 2.05) is 31.2 Å². The Hall–Kier alpha value is -1.21. The minimum absolute atomic E-state index is 0.0444. The Bertz CT molecular complexity index is 606. The van der Waals surface area contributed by atoms with Crippen molar-refractivity contribution in [2.45, 2.75) is 78.0 Å². The van der Waals surface area contributed by atoms with Gasteiger partial charge in [-0.1, -0.05) is 39.8 Å². The molecular formula is C22H38O5Si. The summed E-state index contributed by atoms with van der Waals surface area (Å²) in [5.74, 6) is 0.613. The van der Waals surface area contributed by atoms with E-state index in [9.17, 15) is 9.90 Å². The summed E-state index contributed by atoms with van der Waals surface area (Å²) in [5, 5.41) is 10.4. The normalized spacial score (nSPS) is 15.8. The lowest BCUT2D eigenvalue weighted by Gasteiger charge is -2.38. The summed E-state index contributed by atoms with van der Waals surface area (Å²) in [6.07, 6.45) is -1.15. The summed E-state index contributed by atoms with van der Waals surface area (Å²) < 4.78 is 17.0. The van der Waals surface area contributed by atoms with E-state index in [1.54, 1.807) is 14.0 Å². The van der Waals surface area contributed by atoms with Gasteiger partial charge >= 0.3 is 0 Å². The molecule has 0 unspecified atom stereocenters. The summed E-state index contributed by atoms with van der Waals surface area (Å²) in [4.78, 5) is 12.5. The molecule has 0 saturated heterocycles. The highest BCUT2D eigenvalue weighted by Crippen LogP contribution is 2.37. The number of methoxy groups -OCH3 is 1. The number of carbonyl (C=O) groups excluding carboxylic acids is 1. The van der Waals surface area contributed by atoms with Crippen molar-refractivity contribution < 1.29 is 23.8 Å². The van der Waals surface area contributed by atoms with Gasteiger partial charge in [-0.05, 0) is 42.8 Å². The van der Waals surface area contributed by atoms with Gasteiger partial charge in [0.25, 0.3) is 0 Å². The molecule has 3 atom stereocenters. The van der Waals surface area contributed by atoms with Crippen molar-refractivity contribution in [1.82, 2.24) is 0 Å². The number of ether oxygens (including phenoxy) is 2. The molecule has 0 saturated carbocycles. The number of aliphatic hydroxyl groups is 1. The maximum absolute atomic E-state index is 12.5. The van der Waals surface area contributed by atoms with Crippen LogP contribution in [-0.2, 0) is 20.6 Å². The van der Waals surface area contributed by atoms with E-state index in [0.29, 0.717) is 13.2 Å². The van der Waals surface area contributed by atoms with Gasteiger partial charge in [0.15, 0.2) is 14.1 Å². The van der Waals surface area contributed by atoms with Crippen LogP contribution < -0.4 is 4.74 Å². The van der Waals surface area contributed by atoms with Gasteiger partial charge in [-0.2, -0.15) is 0 Å². The van der Waals surface area contributed by atoms with E-state index in [0.717, 1.165) is 11.3 Å². The maximum atomic E-state index is 12.5. The van der Waals surface area contributed by atoms with Gasteiger partial charge in [0.05, 0.1) is 26.4 Å². The van der Waals surface area contributed by atoms with E-state index in [2.05, 4.69) is 33.9 Å². The molecular weight excluding hydrogens is 372 g/mol. The quantitative estimate of drug-likeness (QED) is 0.541. The van der Waals surface area contributed by atoms with Crippen molar-refractivity contribution in [1.29, 1.82) is 0 Å². The lowest BCUT2D eigenvalue weighted by atomic mass is 9.99. The molecule has 28 heavy (non-hydrogen) atoms. The molecule has 6 heteroatoms. The predicted octanol–water partition coefficient (Wildman–Crippen LogP) is 4.58. The second-order valence-electron chi connectivity index (χ2n) is 9.10. The first kappa shape index (κ1) is 24.8. The minimum atomic E-state index is -2.01. The maximum Gasteiger partial charge on any atom is 0.193 e. The van der Waals surface area contributed by atoms with Crippen LogP contribution in [-0.4, -0.2) is 45.1 Å². The molecule has 0 bridgehead atoms. The third-order valence-corrected chi connectivity index (χ3v) is 10.2. The first-order valence-corrected chi connectivity index (χ1v) is 12.9. The first-order valence-electron chi connectivity index (χ1n) is 9.96. The average molecular weight is 411 g/mol. The van der Waals surface area contributed by atoms with Crippen LogP contribution in [0.3, 0.4) is 0 Å². The lowest BCUT2D eigenvalue weighted by Crippen LogP contribution is -2.45. The van der Waals surface area contributed by atoms with Gasteiger partial charge in [-0.3, -0.25) is 4.79 Å². The van der Waals surface area contributed by atoms with Crippen LogP contribution in [0.1, 0.15) is 46.6 Å². The zero-order valence-corrected chi connectivity index (χ0v) is 19.7. The van der Waals surface area contributed by atoms with E-state index in [1.165, 1.54) is 0 Å².